The van der Waals surface area contributed by atoms with E-state index >= 15 is 0 Å². The molecule has 0 heterocycles. The smallest absolute Gasteiger partial charge is 0.321 e. The van der Waals surface area contributed by atoms with Crippen molar-refractivity contribution >= 4 is 16.0 Å². The molecule has 2 N–H and O–H groups in total. The number of carbonyl (C=O) groups is 1. The molecule has 0 aliphatic carbocycles. The van der Waals surface area contributed by atoms with Crippen molar-refractivity contribution in [1.82, 2.24) is 4.72 Å². The Morgan fingerprint density at radius 1 is 1.48 bits per heavy atom. The first kappa shape index (κ1) is 17.1. The summed E-state index contributed by atoms with van der Waals surface area (Å²) in [6.07, 6.45) is 0. The second-order valence-corrected chi connectivity index (χ2v) is 6.60. The van der Waals surface area contributed by atoms with Crippen LogP contribution in [0.4, 0.5) is 4.39 Å². The fourth-order valence-corrected chi connectivity index (χ4v) is 3.19. The van der Waals surface area contributed by atoms with Crippen molar-refractivity contribution < 1.29 is 22.7 Å². The lowest BCUT2D eigenvalue weighted by Crippen LogP contribution is -2.44. The van der Waals surface area contributed by atoms with Gasteiger partial charge in [-0.2, -0.15) is 5.26 Å². The van der Waals surface area contributed by atoms with Gasteiger partial charge in [-0.15, -0.1) is 0 Å². The fourth-order valence-electron chi connectivity index (χ4n) is 1.69. The van der Waals surface area contributed by atoms with Gasteiger partial charge in [0, 0.05) is 0 Å². The molecule has 0 saturated carbocycles. The van der Waals surface area contributed by atoms with Crippen LogP contribution in [0.2, 0.25) is 0 Å². The summed E-state index contributed by atoms with van der Waals surface area (Å²) in [6, 6.07) is 3.62. The molecule has 0 aromatic heterocycles. The van der Waals surface area contributed by atoms with E-state index < -0.39 is 39.5 Å². The topological polar surface area (TPSA) is 107 Å². The molecule has 0 bridgehead atoms. The molecule has 0 aliphatic rings. The van der Waals surface area contributed by atoms with Gasteiger partial charge >= 0.3 is 5.97 Å². The predicted molar refractivity (Wildman–Crippen MR) is 73.1 cm³/mol. The van der Waals surface area contributed by atoms with Crippen LogP contribution in [0.1, 0.15) is 25.0 Å². The molecule has 1 atom stereocenters. The maximum Gasteiger partial charge on any atom is 0.321 e. The highest BCUT2D eigenvalue weighted by molar-refractivity contribution is 7.88. The van der Waals surface area contributed by atoms with E-state index in [1.54, 1.807) is 19.9 Å². The first-order valence-electron chi connectivity index (χ1n) is 6.07. The van der Waals surface area contributed by atoms with Gasteiger partial charge in [0.1, 0.15) is 11.9 Å². The minimum Gasteiger partial charge on any atom is -0.480 e. The number of carboxylic acid groups (broad SMARTS) is 1. The van der Waals surface area contributed by atoms with Gasteiger partial charge in [0.2, 0.25) is 10.0 Å². The average molecular weight is 314 g/mol. The Hall–Kier alpha value is -1.98. The highest BCUT2D eigenvalue weighted by Crippen LogP contribution is 2.14. The lowest BCUT2D eigenvalue weighted by Gasteiger charge is -2.18. The summed E-state index contributed by atoms with van der Waals surface area (Å²) < 4.78 is 39.1. The van der Waals surface area contributed by atoms with Crippen molar-refractivity contribution in [3.05, 3.63) is 35.1 Å². The third-order valence-electron chi connectivity index (χ3n) is 2.78. The molecule has 0 spiro atoms. The van der Waals surface area contributed by atoms with E-state index in [0.29, 0.717) is 0 Å². The van der Waals surface area contributed by atoms with Gasteiger partial charge in [0.15, 0.2) is 0 Å². The largest absolute Gasteiger partial charge is 0.480 e. The van der Waals surface area contributed by atoms with Gasteiger partial charge in [0.05, 0.1) is 17.4 Å². The summed E-state index contributed by atoms with van der Waals surface area (Å²) in [4.78, 5) is 11.0. The fraction of sp³-hybridized carbons (Fsp3) is 0.385. The number of benzene rings is 1. The standard InChI is InChI=1S/C13H15FN2O4S/c1-8(2)12(13(17)18)16-21(19,20)7-9-3-4-11(14)5-10(9)6-15/h3-5,8,12,16H,7H2,1-2H3,(H,17,18)/t12-/m1/s1. The molecule has 114 valence electrons. The molecule has 1 rings (SSSR count). The summed E-state index contributed by atoms with van der Waals surface area (Å²) in [5, 5.41) is 17.9. The monoisotopic (exact) mass is 314 g/mol. The van der Waals surface area contributed by atoms with E-state index in [9.17, 15) is 17.6 Å². The molecule has 0 fully saturated rings. The van der Waals surface area contributed by atoms with Gasteiger partial charge in [0.25, 0.3) is 0 Å². The zero-order valence-electron chi connectivity index (χ0n) is 11.5. The zero-order chi connectivity index (χ0) is 16.2. The van der Waals surface area contributed by atoms with Crippen LogP contribution >= 0.6 is 0 Å². The molecule has 0 saturated heterocycles. The van der Waals surface area contributed by atoms with Crippen molar-refractivity contribution in [1.29, 1.82) is 5.26 Å². The number of carboxylic acids is 1. The molecule has 1 aromatic carbocycles. The van der Waals surface area contributed by atoms with E-state index in [1.165, 1.54) is 6.07 Å². The van der Waals surface area contributed by atoms with Gasteiger partial charge in [-0.05, 0) is 23.6 Å². The second-order valence-electron chi connectivity index (χ2n) is 4.85. The number of hydrogen-bond acceptors (Lipinski definition) is 4. The van der Waals surface area contributed by atoms with E-state index in [2.05, 4.69) is 4.72 Å². The summed E-state index contributed by atoms with van der Waals surface area (Å²) in [5.74, 6) is -2.97. The van der Waals surface area contributed by atoms with Gasteiger partial charge in [-0.25, -0.2) is 17.5 Å². The first-order chi connectivity index (χ1) is 9.66. The molecule has 0 aliphatic heterocycles. The Balaban J connectivity index is 3.01. The predicted octanol–water partition coefficient (Wildman–Crippen LogP) is 1.23. The third kappa shape index (κ3) is 4.81. The molecule has 1 aromatic rings. The molecule has 0 unspecified atom stereocenters. The second kappa shape index (κ2) is 6.65. The Kier molecular flexibility index (Phi) is 5.41. The first-order valence-corrected chi connectivity index (χ1v) is 7.73. The van der Waals surface area contributed by atoms with E-state index in [0.717, 1.165) is 12.1 Å². The van der Waals surface area contributed by atoms with Crippen LogP contribution in [0.25, 0.3) is 0 Å². The van der Waals surface area contributed by atoms with Crippen LogP contribution in [-0.2, 0) is 20.6 Å². The molecule has 0 amide bonds. The third-order valence-corrected chi connectivity index (χ3v) is 4.08. The minimum atomic E-state index is -3.97. The van der Waals surface area contributed by atoms with Crippen molar-refractivity contribution in [3.63, 3.8) is 0 Å². The SMILES string of the molecule is CC(C)[C@@H](NS(=O)(=O)Cc1ccc(F)cc1C#N)C(=O)O. The summed E-state index contributed by atoms with van der Waals surface area (Å²) >= 11 is 0. The van der Waals surface area contributed by atoms with Crippen LogP contribution in [0.5, 0.6) is 0 Å². The minimum absolute atomic E-state index is 0.100. The van der Waals surface area contributed by atoms with E-state index in [4.69, 9.17) is 10.4 Å². The van der Waals surface area contributed by atoms with Crippen molar-refractivity contribution in [3.8, 4) is 6.07 Å². The normalized spacial score (nSPS) is 12.9. The maximum absolute atomic E-state index is 13.0. The lowest BCUT2D eigenvalue weighted by atomic mass is 10.1. The highest BCUT2D eigenvalue weighted by atomic mass is 32.2. The Bertz CT molecular complexity index is 680. The quantitative estimate of drug-likeness (QED) is 0.821. The van der Waals surface area contributed by atoms with Crippen LogP contribution in [0.15, 0.2) is 18.2 Å². The van der Waals surface area contributed by atoms with Crippen molar-refractivity contribution in [2.24, 2.45) is 5.92 Å². The number of aliphatic carboxylic acids is 1. The molecule has 0 radical (unpaired) electrons. The summed E-state index contributed by atoms with van der Waals surface area (Å²) in [6.45, 7) is 3.14. The molecular formula is C13H15FN2O4S. The number of nitriles is 1. The van der Waals surface area contributed by atoms with Gasteiger partial charge in [-0.3, -0.25) is 4.79 Å². The molecule has 8 heteroatoms. The van der Waals surface area contributed by atoms with Crippen LogP contribution < -0.4 is 4.72 Å². The van der Waals surface area contributed by atoms with Crippen molar-refractivity contribution in [2.45, 2.75) is 25.6 Å². The summed E-state index contributed by atoms with van der Waals surface area (Å²) in [7, 11) is -3.97. The van der Waals surface area contributed by atoms with E-state index in [-0.39, 0.29) is 11.1 Å². The number of rotatable bonds is 6. The van der Waals surface area contributed by atoms with Crippen LogP contribution in [-0.4, -0.2) is 25.5 Å². The molecule has 21 heavy (non-hydrogen) atoms. The Morgan fingerprint density at radius 3 is 2.57 bits per heavy atom. The number of hydrogen-bond donors (Lipinski definition) is 2. The Labute approximate surface area is 122 Å². The maximum atomic E-state index is 13.0. The molecule has 6 nitrogen and oxygen atoms in total. The van der Waals surface area contributed by atoms with Gasteiger partial charge in [-0.1, -0.05) is 19.9 Å². The van der Waals surface area contributed by atoms with Gasteiger partial charge < -0.3 is 5.11 Å². The lowest BCUT2D eigenvalue weighted by molar-refractivity contribution is -0.140. The average Bonchev–Trinajstić information content (AvgIpc) is 2.37. The number of sulfonamides is 1. The van der Waals surface area contributed by atoms with E-state index in [1.807, 2.05) is 0 Å². The summed E-state index contributed by atoms with van der Waals surface area (Å²) in [5.41, 5.74) is 0.0103. The zero-order valence-corrected chi connectivity index (χ0v) is 12.3. The number of halogens is 1. The highest BCUT2D eigenvalue weighted by Gasteiger charge is 2.27. The Morgan fingerprint density at radius 2 is 2.10 bits per heavy atom. The number of nitrogens with one attached hydrogen (secondary N) is 1. The van der Waals surface area contributed by atoms with Crippen LogP contribution in [0.3, 0.4) is 0 Å². The van der Waals surface area contributed by atoms with Crippen LogP contribution in [0, 0.1) is 23.1 Å². The number of nitrogens with zero attached hydrogens (tertiary/aromatic N) is 1. The molecular weight excluding hydrogens is 299 g/mol. The van der Waals surface area contributed by atoms with Crippen molar-refractivity contribution in [2.75, 3.05) is 0 Å².